The van der Waals surface area contributed by atoms with Crippen LogP contribution in [0.3, 0.4) is 0 Å². The van der Waals surface area contributed by atoms with Gasteiger partial charge >= 0.3 is 0 Å². The maximum Gasteiger partial charge on any atom is 0.0912 e. The van der Waals surface area contributed by atoms with E-state index < -0.39 is 0 Å². The largest absolute Gasteiger partial charge is 0.363 e. The number of benzene rings is 2. The Hall–Kier alpha value is -1.80. The zero-order valence-corrected chi connectivity index (χ0v) is 15.3. The molecule has 2 aromatic carbocycles. The van der Waals surface area contributed by atoms with E-state index in [-0.39, 0.29) is 0 Å². The average Bonchev–Trinajstić information content (AvgIpc) is 2.59. The van der Waals surface area contributed by atoms with Gasteiger partial charge in [-0.3, -0.25) is 0 Å². The second kappa shape index (κ2) is 7.85. The maximum absolute atomic E-state index is 6.30. The fourth-order valence-electron chi connectivity index (χ4n) is 3.21. The third kappa shape index (κ3) is 4.18. The van der Waals surface area contributed by atoms with Crippen LogP contribution >= 0.6 is 11.6 Å². The van der Waals surface area contributed by atoms with E-state index >= 15 is 0 Å². The highest BCUT2D eigenvalue weighted by atomic mass is 35.5. The van der Waals surface area contributed by atoms with Crippen molar-refractivity contribution in [3.05, 3.63) is 63.7 Å². The summed E-state index contributed by atoms with van der Waals surface area (Å²) in [6.07, 6.45) is 6.79. The molecule has 0 aromatic heterocycles. The number of piperidine rings is 1. The first-order chi connectivity index (χ1) is 11.6. The first-order valence-electron chi connectivity index (χ1n) is 8.75. The van der Waals surface area contributed by atoms with Crippen LogP contribution in [0.2, 0.25) is 5.02 Å². The summed E-state index contributed by atoms with van der Waals surface area (Å²) in [5.74, 6) is 0. The molecule has 0 radical (unpaired) electrons. The number of aliphatic imine (C=N–C) groups is 1. The third-order valence-electron chi connectivity index (χ3n) is 4.74. The molecule has 0 atom stereocenters. The van der Waals surface area contributed by atoms with E-state index in [1.807, 2.05) is 24.5 Å². The zero-order chi connectivity index (χ0) is 16.9. The molecular weight excluding hydrogens is 316 g/mol. The van der Waals surface area contributed by atoms with Gasteiger partial charge in [-0.05, 0) is 73.9 Å². The topological polar surface area (TPSA) is 15.6 Å². The molecule has 0 amide bonds. The van der Waals surface area contributed by atoms with Crippen LogP contribution in [0.15, 0.2) is 41.4 Å². The molecule has 0 aliphatic carbocycles. The van der Waals surface area contributed by atoms with Gasteiger partial charge in [0.2, 0.25) is 0 Å². The first-order valence-corrected chi connectivity index (χ1v) is 9.13. The number of hydrogen-bond donors (Lipinski definition) is 0. The summed E-state index contributed by atoms with van der Waals surface area (Å²) in [6.45, 7) is 6.56. The summed E-state index contributed by atoms with van der Waals surface area (Å²) in [5.41, 5.74) is 6.05. The Labute approximate surface area is 150 Å². The minimum Gasteiger partial charge on any atom is -0.363 e. The lowest BCUT2D eigenvalue weighted by atomic mass is 9.97. The number of halogens is 1. The number of nitrogens with zero attached hydrogens (tertiary/aromatic N) is 2. The molecule has 2 aromatic rings. The highest BCUT2D eigenvalue weighted by Gasteiger charge is 2.09. The fourth-order valence-corrected chi connectivity index (χ4v) is 3.42. The Bertz CT molecular complexity index is 731. The molecule has 1 fully saturated rings. The summed E-state index contributed by atoms with van der Waals surface area (Å²) < 4.78 is 0. The van der Waals surface area contributed by atoms with E-state index in [1.54, 1.807) is 0 Å². The lowest BCUT2D eigenvalue weighted by molar-refractivity contribution is 0.351. The van der Waals surface area contributed by atoms with Gasteiger partial charge in [-0.25, -0.2) is 4.99 Å². The van der Waals surface area contributed by atoms with Crippen LogP contribution in [-0.2, 0) is 6.42 Å². The summed E-state index contributed by atoms with van der Waals surface area (Å²) in [5, 5.41) is 0.835. The van der Waals surface area contributed by atoms with Crippen molar-refractivity contribution in [2.24, 2.45) is 4.99 Å². The van der Waals surface area contributed by atoms with Crippen molar-refractivity contribution in [1.29, 1.82) is 0 Å². The van der Waals surface area contributed by atoms with E-state index in [1.165, 1.54) is 41.5 Å². The van der Waals surface area contributed by atoms with Crippen molar-refractivity contribution in [1.82, 2.24) is 4.90 Å². The Kier molecular flexibility index (Phi) is 5.57. The quantitative estimate of drug-likeness (QED) is 0.515. The van der Waals surface area contributed by atoms with Gasteiger partial charge in [-0.15, -0.1) is 0 Å². The Morgan fingerprint density at radius 1 is 1.00 bits per heavy atom. The van der Waals surface area contributed by atoms with Gasteiger partial charge in [-0.1, -0.05) is 35.9 Å². The molecule has 1 heterocycles. The number of aryl methyl sites for hydroxylation is 2. The van der Waals surface area contributed by atoms with Crippen molar-refractivity contribution in [2.75, 3.05) is 13.1 Å². The van der Waals surface area contributed by atoms with Gasteiger partial charge in [0.15, 0.2) is 0 Å². The van der Waals surface area contributed by atoms with Gasteiger partial charge in [0.1, 0.15) is 0 Å². The normalized spacial score (nSPS) is 15.2. The van der Waals surface area contributed by atoms with Crippen LogP contribution < -0.4 is 0 Å². The highest BCUT2D eigenvalue weighted by molar-refractivity contribution is 6.31. The van der Waals surface area contributed by atoms with E-state index in [4.69, 9.17) is 16.6 Å². The molecule has 126 valence electrons. The minimum absolute atomic E-state index is 0.835. The third-order valence-corrected chi connectivity index (χ3v) is 5.11. The number of rotatable bonds is 4. The van der Waals surface area contributed by atoms with Gasteiger partial charge < -0.3 is 4.90 Å². The van der Waals surface area contributed by atoms with Gasteiger partial charge in [0.05, 0.1) is 12.0 Å². The van der Waals surface area contributed by atoms with Crippen molar-refractivity contribution in [2.45, 2.75) is 39.5 Å². The smallest absolute Gasteiger partial charge is 0.0912 e. The van der Waals surface area contributed by atoms with E-state index in [0.717, 1.165) is 30.2 Å². The lowest BCUT2D eigenvalue weighted by Crippen LogP contribution is -2.28. The maximum atomic E-state index is 6.30. The summed E-state index contributed by atoms with van der Waals surface area (Å²) >= 11 is 6.30. The van der Waals surface area contributed by atoms with E-state index in [2.05, 4.69) is 36.9 Å². The molecule has 0 spiro atoms. The zero-order valence-electron chi connectivity index (χ0n) is 14.6. The predicted molar refractivity (Wildman–Crippen MR) is 104 cm³/mol. The lowest BCUT2D eigenvalue weighted by Gasteiger charge is -2.24. The monoisotopic (exact) mass is 340 g/mol. The molecule has 3 heteroatoms. The summed E-state index contributed by atoms with van der Waals surface area (Å²) in [4.78, 5) is 7.06. The van der Waals surface area contributed by atoms with Gasteiger partial charge in [0.25, 0.3) is 0 Å². The van der Waals surface area contributed by atoms with Crippen molar-refractivity contribution >= 4 is 23.6 Å². The van der Waals surface area contributed by atoms with Crippen LogP contribution in [-0.4, -0.2) is 24.3 Å². The molecule has 2 nitrogen and oxygen atoms in total. The number of hydrogen-bond acceptors (Lipinski definition) is 1. The molecule has 3 rings (SSSR count). The molecule has 0 N–H and O–H groups in total. The molecule has 1 saturated heterocycles. The summed E-state index contributed by atoms with van der Waals surface area (Å²) in [6, 6.07) is 12.5. The Morgan fingerprint density at radius 3 is 2.50 bits per heavy atom. The molecule has 0 bridgehead atoms. The average molecular weight is 341 g/mol. The van der Waals surface area contributed by atoms with Gasteiger partial charge in [0, 0.05) is 18.1 Å². The van der Waals surface area contributed by atoms with Crippen molar-refractivity contribution in [3.8, 4) is 0 Å². The fraction of sp³-hybridized carbons (Fsp3) is 0.381. The van der Waals surface area contributed by atoms with Crippen LogP contribution in [0.25, 0.3) is 0 Å². The minimum atomic E-state index is 0.835. The van der Waals surface area contributed by atoms with Crippen LogP contribution in [0, 0.1) is 13.8 Å². The molecule has 0 unspecified atom stereocenters. The first kappa shape index (κ1) is 17.0. The Morgan fingerprint density at radius 2 is 1.75 bits per heavy atom. The second-order valence-corrected chi connectivity index (χ2v) is 7.08. The molecule has 0 saturated carbocycles. The SMILES string of the molecule is Cc1cc(/N=C/N2CCCCC2)c(C)cc1Cc1ccccc1Cl. The summed E-state index contributed by atoms with van der Waals surface area (Å²) in [7, 11) is 0. The molecular formula is C21H25ClN2. The van der Waals surface area contributed by atoms with Crippen molar-refractivity contribution in [3.63, 3.8) is 0 Å². The van der Waals surface area contributed by atoms with Crippen LogP contribution in [0.5, 0.6) is 0 Å². The standard InChI is InChI=1S/C21H25ClN2/c1-16-13-21(23-15-24-10-6-3-7-11-24)17(2)12-19(16)14-18-8-4-5-9-20(18)22/h4-5,8-9,12-13,15H,3,6-7,10-11,14H2,1-2H3/b23-15+. The molecule has 24 heavy (non-hydrogen) atoms. The van der Waals surface area contributed by atoms with E-state index in [0.29, 0.717) is 0 Å². The predicted octanol–water partition coefficient (Wildman–Crippen LogP) is 5.69. The van der Waals surface area contributed by atoms with E-state index in [9.17, 15) is 0 Å². The van der Waals surface area contributed by atoms with Gasteiger partial charge in [-0.2, -0.15) is 0 Å². The number of likely N-dealkylation sites (tertiary alicyclic amines) is 1. The van der Waals surface area contributed by atoms with Crippen molar-refractivity contribution < 1.29 is 0 Å². The molecule has 1 aliphatic heterocycles. The van der Waals surface area contributed by atoms with Crippen LogP contribution in [0.1, 0.15) is 41.5 Å². The Balaban J connectivity index is 1.78. The van der Waals surface area contributed by atoms with Crippen LogP contribution in [0.4, 0.5) is 5.69 Å². The highest BCUT2D eigenvalue weighted by Crippen LogP contribution is 2.27. The molecule has 1 aliphatic rings. The second-order valence-electron chi connectivity index (χ2n) is 6.67.